The summed E-state index contributed by atoms with van der Waals surface area (Å²) in [4.78, 5) is 7.53. The zero-order valence-corrected chi connectivity index (χ0v) is 10.00. The highest BCUT2D eigenvalue weighted by molar-refractivity contribution is 5.56. The Balaban J connectivity index is 2.51. The molecule has 0 bridgehead atoms. The van der Waals surface area contributed by atoms with Gasteiger partial charge in [0.2, 0.25) is 0 Å². The van der Waals surface area contributed by atoms with Crippen LogP contribution in [0.2, 0.25) is 0 Å². The first-order chi connectivity index (χ1) is 8.13. The summed E-state index contributed by atoms with van der Waals surface area (Å²) < 4.78 is 13.6. The lowest BCUT2D eigenvalue weighted by Gasteiger charge is -2.01. The largest absolute Gasteiger partial charge is 0.340 e. The van der Waals surface area contributed by atoms with Gasteiger partial charge in [0.25, 0.3) is 0 Å². The predicted octanol–water partition coefficient (Wildman–Crippen LogP) is 2.80. The molecule has 0 saturated carbocycles. The van der Waals surface area contributed by atoms with E-state index in [1.807, 2.05) is 13.8 Å². The van der Waals surface area contributed by atoms with Crippen LogP contribution in [0.4, 0.5) is 4.39 Å². The van der Waals surface area contributed by atoms with Crippen molar-refractivity contribution in [3.8, 4) is 11.4 Å². The van der Waals surface area contributed by atoms with E-state index in [4.69, 9.17) is 5.73 Å². The molecule has 0 saturated heterocycles. The Kier molecular flexibility index (Phi) is 3.24. The molecule has 3 N–H and O–H groups in total. The molecule has 3 nitrogen and oxygen atoms in total. The van der Waals surface area contributed by atoms with Crippen LogP contribution in [0.3, 0.4) is 0 Å². The van der Waals surface area contributed by atoms with E-state index in [1.165, 1.54) is 6.07 Å². The van der Waals surface area contributed by atoms with Crippen LogP contribution in [-0.4, -0.2) is 9.97 Å². The SMILES string of the molecule is CC(C)c1nc(-c2ccccc2F)[nH]c1CN. The van der Waals surface area contributed by atoms with Crippen molar-refractivity contribution in [1.29, 1.82) is 0 Å². The molecule has 1 heterocycles. The van der Waals surface area contributed by atoms with E-state index in [9.17, 15) is 4.39 Å². The smallest absolute Gasteiger partial charge is 0.140 e. The molecular weight excluding hydrogens is 217 g/mol. The summed E-state index contributed by atoms with van der Waals surface area (Å²) in [7, 11) is 0. The molecule has 0 atom stereocenters. The molecule has 2 rings (SSSR count). The maximum atomic E-state index is 13.6. The van der Waals surface area contributed by atoms with Crippen molar-refractivity contribution in [2.45, 2.75) is 26.3 Å². The van der Waals surface area contributed by atoms with Crippen molar-refractivity contribution in [3.63, 3.8) is 0 Å². The zero-order chi connectivity index (χ0) is 12.4. The van der Waals surface area contributed by atoms with Crippen molar-refractivity contribution >= 4 is 0 Å². The van der Waals surface area contributed by atoms with Gasteiger partial charge in [-0.2, -0.15) is 0 Å². The fraction of sp³-hybridized carbons (Fsp3) is 0.308. The molecule has 0 fully saturated rings. The molecule has 90 valence electrons. The molecule has 0 amide bonds. The quantitative estimate of drug-likeness (QED) is 0.856. The molecule has 0 spiro atoms. The van der Waals surface area contributed by atoms with Crippen LogP contribution in [-0.2, 0) is 6.54 Å². The molecule has 0 aliphatic rings. The van der Waals surface area contributed by atoms with Crippen molar-refractivity contribution in [2.75, 3.05) is 0 Å². The number of benzene rings is 1. The number of H-pyrrole nitrogens is 1. The maximum absolute atomic E-state index is 13.6. The Morgan fingerprint density at radius 1 is 1.35 bits per heavy atom. The van der Waals surface area contributed by atoms with Gasteiger partial charge in [-0.05, 0) is 18.1 Å². The Morgan fingerprint density at radius 3 is 2.59 bits per heavy atom. The van der Waals surface area contributed by atoms with Crippen molar-refractivity contribution < 1.29 is 4.39 Å². The van der Waals surface area contributed by atoms with E-state index >= 15 is 0 Å². The van der Waals surface area contributed by atoms with E-state index in [1.54, 1.807) is 18.2 Å². The van der Waals surface area contributed by atoms with Gasteiger partial charge in [-0.3, -0.25) is 0 Å². The van der Waals surface area contributed by atoms with Gasteiger partial charge in [-0.1, -0.05) is 26.0 Å². The monoisotopic (exact) mass is 233 g/mol. The summed E-state index contributed by atoms with van der Waals surface area (Å²) in [5.41, 5.74) is 7.92. The molecule has 0 aliphatic carbocycles. The van der Waals surface area contributed by atoms with Crippen LogP contribution >= 0.6 is 0 Å². The Labute approximate surface area is 99.9 Å². The molecule has 17 heavy (non-hydrogen) atoms. The van der Waals surface area contributed by atoms with E-state index in [0.29, 0.717) is 17.9 Å². The molecule has 2 aromatic rings. The average Bonchev–Trinajstić information content (AvgIpc) is 2.73. The normalized spacial score (nSPS) is 11.1. The third kappa shape index (κ3) is 2.22. The first-order valence-electron chi connectivity index (χ1n) is 5.67. The van der Waals surface area contributed by atoms with E-state index in [2.05, 4.69) is 9.97 Å². The molecule has 4 heteroatoms. The minimum atomic E-state index is -0.278. The van der Waals surface area contributed by atoms with Crippen LogP contribution < -0.4 is 5.73 Å². The van der Waals surface area contributed by atoms with Crippen LogP contribution in [0.25, 0.3) is 11.4 Å². The summed E-state index contributed by atoms with van der Waals surface area (Å²) in [5, 5.41) is 0. The highest BCUT2D eigenvalue weighted by Crippen LogP contribution is 2.24. The fourth-order valence-corrected chi connectivity index (χ4v) is 1.84. The first-order valence-corrected chi connectivity index (χ1v) is 5.67. The van der Waals surface area contributed by atoms with Gasteiger partial charge in [0.05, 0.1) is 17.0 Å². The zero-order valence-electron chi connectivity index (χ0n) is 10.00. The third-order valence-electron chi connectivity index (χ3n) is 2.69. The Morgan fingerprint density at radius 2 is 2.06 bits per heavy atom. The minimum Gasteiger partial charge on any atom is -0.340 e. The summed E-state index contributed by atoms with van der Waals surface area (Å²) in [6, 6.07) is 6.58. The van der Waals surface area contributed by atoms with Crippen LogP contribution in [0, 0.1) is 5.82 Å². The topological polar surface area (TPSA) is 54.7 Å². The number of nitrogens with two attached hydrogens (primary N) is 1. The summed E-state index contributed by atoms with van der Waals surface area (Å²) in [6.07, 6.45) is 0. The fourth-order valence-electron chi connectivity index (χ4n) is 1.84. The van der Waals surface area contributed by atoms with Gasteiger partial charge in [0.1, 0.15) is 11.6 Å². The minimum absolute atomic E-state index is 0.269. The van der Waals surface area contributed by atoms with Gasteiger partial charge in [-0.25, -0.2) is 9.37 Å². The van der Waals surface area contributed by atoms with Crippen LogP contribution in [0.15, 0.2) is 24.3 Å². The number of rotatable bonds is 3. The summed E-state index contributed by atoms with van der Waals surface area (Å²) in [5.74, 6) is 0.540. The van der Waals surface area contributed by atoms with E-state index in [0.717, 1.165) is 11.4 Å². The van der Waals surface area contributed by atoms with Crippen LogP contribution in [0.5, 0.6) is 0 Å². The lowest BCUT2D eigenvalue weighted by Crippen LogP contribution is -2.02. The van der Waals surface area contributed by atoms with Crippen LogP contribution in [0.1, 0.15) is 31.2 Å². The van der Waals surface area contributed by atoms with Gasteiger partial charge in [0.15, 0.2) is 0 Å². The molecule has 1 aromatic carbocycles. The van der Waals surface area contributed by atoms with Gasteiger partial charge in [-0.15, -0.1) is 0 Å². The van der Waals surface area contributed by atoms with Gasteiger partial charge < -0.3 is 10.7 Å². The Bertz CT molecular complexity index is 517. The molecule has 1 aromatic heterocycles. The highest BCUT2D eigenvalue weighted by Gasteiger charge is 2.15. The van der Waals surface area contributed by atoms with Gasteiger partial charge >= 0.3 is 0 Å². The van der Waals surface area contributed by atoms with Crippen molar-refractivity contribution in [1.82, 2.24) is 9.97 Å². The van der Waals surface area contributed by atoms with Crippen molar-refractivity contribution in [2.24, 2.45) is 5.73 Å². The second-order valence-electron chi connectivity index (χ2n) is 4.29. The Hall–Kier alpha value is -1.68. The maximum Gasteiger partial charge on any atom is 0.140 e. The number of hydrogen-bond donors (Lipinski definition) is 2. The first kappa shape index (κ1) is 11.8. The van der Waals surface area contributed by atoms with Gasteiger partial charge in [0, 0.05) is 6.54 Å². The van der Waals surface area contributed by atoms with Crippen molar-refractivity contribution in [3.05, 3.63) is 41.5 Å². The number of nitrogens with zero attached hydrogens (tertiary/aromatic N) is 1. The average molecular weight is 233 g/mol. The number of imidazole rings is 1. The third-order valence-corrected chi connectivity index (χ3v) is 2.69. The number of aromatic nitrogens is 2. The molecule has 0 unspecified atom stereocenters. The second kappa shape index (κ2) is 4.67. The lowest BCUT2D eigenvalue weighted by atomic mass is 10.1. The summed E-state index contributed by atoms with van der Waals surface area (Å²) >= 11 is 0. The van der Waals surface area contributed by atoms with E-state index < -0.39 is 0 Å². The van der Waals surface area contributed by atoms with E-state index in [-0.39, 0.29) is 11.7 Å². The molecular formula is C13H16FN3. The molecule has 0 aliphatic heterocycles. The highest BCUT2D eigenvalue weighted by atomic mass is 19.1. The number of hydrogen-bond acceptors (Lipinski definition) is 2. The second-order valence-corrected chi connectivity index (χ2v) is 4.29. The standard InChI is InChI=1S/C13H16FN3/c1-8(2)12-11(7-15)16-13(17-12)9-5-3-4-6-10(9)14/h3-6,8H,7,15H2,1-2H3,(H,16,17). The lowest BCUT2D eigenvalue weighted by molar-refractivity contribution is 0.630. The molecule has 0 radical (unpaired) electrons. The summed E-state index contributed by atoms with van der Waals surface area (Å²) in [6.45, 7) is 4.47. The number of aromatic amines is 1. The number of nitrogens with one attached hydrogen (secondary N) is 1. The number of halogens is 1. The predicted molar refractivity (Wildman–Crippen MR) is 66.0 cm³/mol.